The lowest BCUT2D eigenvalue weighted by Crippen LogP contribution is -2.16. The zero-order valence-electron chi connectivity index (χ0n) is 8.30. The molecule has 78 valence electrons. The van der Waals surface area contributed by atoms with Crippen LogP contribution in [0.3, 0.4) is 0 Å². The molecule has 4 heteroatoms. The van der Waals surface area contributed by atoms with Crippen LogP contribution in [-0.2, 0) is 9.53 Å². The van der Waals surface area contributed by atoms with Gasteiger partial charge in [0.25, 0.3) is 0 Å². The molecule has 15 heavy (non-hydrogen) atoms. The van der Waals surface area contributed by atoms with Crippen LogP contribution in [0.2, 0.25) is 0 Å². The van der Waals surface area contributed by atoms with E-state index in [4.69, 9.17) is 5.26 Å². The smallest absolute Gasteiger partial charge is 0.339 e. The second-order valence-corrected chi connectivity index (χ2v) is 2.85. The minimum Gasteiger partial charge on any atom is -0.464 e. The Morgan fingerprint density at radius 1 is 1.60 bits per heavy atom. The Morgan fingerprint density at radius 2 is 2.27 bits per heavy atom. The van der Waals surface area contributed by atoms with Crippen LogP contribution in [0.4, 0.5) is 0 Å². The summed E-state index contributed by atoms with van der Waals surface area (Å²) in [5.41, 5.74) is 0.552. The van der Waals surface area contributed by atoms with Crippen molar-refractivity contribution >= 4 is 5.97 Å². The van der Waals surface area contributed by atoms with Crippen LogP contribution in [0, 0.1) is 11.3 Å². The highest BCUT2D eigenvalue weighted by atomic mass is 16.5. The first kappa shape index (κ1) is 11.2. The van der Waals surface area contributed by atoms with Crippen molar-refractivity contribution in [1.82, 2.24) is 0 Å². The predicted molar refractivity (Wildman–Crippen MR) is 52.7 cm³/mol. The van der Waals surface area contributed by atoms with Crippen molar-refractivity contribution in [2.45, 2.75) is 13.0 Å². The quantitative estimate of drug-likeness (QED) is 0.751. The van der Waals surface area contributed by atoms with Crippen molar-refractivity contribution < 1.29 is 14.6 Å². The third-order valence-corrected chi connectivity index (χ3v) is 1.89. The van der Waals surface area contributed by atoms with E-state index in [2.05, 4.69) is 4.74 Å². The lowest BCUT2D eigenvalue weighted by molar-refractivity contribution is -0.153. The maximum Gasteiger partial charge on any atom is 0.339 e. The SMILES string of the molecule is CCOC(=O)[C@H](O)c1ccccc1C#N. The van der Waals surface area contributed by atoms with Gasteiger partial charge in [0.15, 0.2) is 6.10 Å². The number of ether oxygens (including phenoxy) is 1. The highest BCUT2D eigenvalue weighted by molar-refractivity contribution is 5.77. The predicted octanol–water partition coefficient (Wildman–Crippen LogP) is 1.15. The molecule has 0 aliphatic rings. The van der Waals surface area contributed by atoms with Gasteiger partial charge in [-0.05, 0) is 13.0 Å². The number of nitrogens with zero attached hydrogens (tertiary/aromatic N) is 1. The van der Waals surface area contributed by atoms with Crippen molar-refractivity contribution in [1.29, 1.82) is 5.26 Å². The molecular formula is C11H11NO3. The zero-order chi connectivity index (χ0) is 11.3. The summed E-state index contributed by atoms with van der Waals surface area (Å²) in [7, 11) is 0. The molecule has 1 aromatic rings. The third kappa shape index (κ3) is 2.55. The van der Waals surface area contributed by atoms with E-state index in [1.807, 2.05) is 6.07 Å². The number of hydrogen-bond acceptors (Lipinski definition) is 4. The fourth-order valence-corrected chi connectivity index (χ4v) is 1.19. The standard InChI is InChI=1S/C11H11NO3/c1-2-15-11(14)10(13)9-6-4-3-5-8(9)7-12/h3-6,10,13H,2H2,1H3/t10-/m1/s1. The number of hydrogen-bond donors (Lipinski definition) is 1. The van der Waals surface area contributed by atoms with Crippen molar-refractivity contribution in [2.75, 3.05) is 6.61 Å². The highest BCUT2D eigenvalue weighted by Gasteiger charge is 2.20. The number of aliphatic hydroxyl groups is 1. The summed E-state index contributed by atoms with van der Waals surface area (Å²) in [6.07, 6.45) is -1.39. The molecule has 1 atom stereocenters. The van der Waals surface area contributed by atoms with Crippen molar-refractivity contribution in [3.05, 3.63) is 35.4 Å². The van der Waals surface area contributed by atoms with E-state index in [-0.39, 0.29) is 17.7 Å². The van der Waals surface area contributed by atoms with Crippen molar-refractivity contribution in [3.63, 3.8) is 0 Å². The number of esters is 1. The van der Waals surface area contributed by atoms with E-state index in [1.165, 1.54) is 12.1 Å². The van der Waals surface area contributed by atoms with E-state index in [1.54, 1.807) is 19.1 Å². The van der Waals surface area contributed by atoms with Gasteiger partial charge >= 0.3 is 5.97 Å². The topological polar surface area (TPSA) is 70.3 Å². The summed E-state index contributed by atoms with van der Waals surface area (Å²) < 4.78 is 4.66. The molecule has 4 nitrogen and oxygen atoms in total. The number of rotatable bonds is 3. The molecule has 0 aromatic heterocycles. The van der Waals surface area contributed by atoms with Crippen molar-refractivity contribution in [3.8, 4) is 6.07 Å². The highest BCUT2D eigenvalue weighted by Crippen LogP contribution is 2.18. The van der Waals surface area contributed by atoms with Gasteiger partial charge in [-0.2, -0.15) is 5.26 Å². The summed E-state index contributed by atoms with van der Waals surface area (Å²) in [5.74, 6) is -0.736. The van der Waals surface area contributed by atoms with Crippen LogP contribution < -0.4 is 0 Å². The van der Waals surface area contributed by atoms with E-state index < -0.39 is 12.1 Å². The van der Waals surface area contributed by atoms with Gasteiger partial charge in [-0.15, -0.1) is 0 Å². The number of aliphatic hydroxyl groups excluding tert-OH is 1. The lowest BCUT2D eigenvalue weighted by atomic mass is 10.0. The number of benzene rings is 1. The van der Waals surface area contributed by atoms with Gasteiger partial charge < -0.3 is 9.84 Å². The van der Waals surface area contributed by atoms with Gasteiger partial charge in [-0.25, -0.2) is 4.79 Å². The van der Waals surface area contributed by atoms with Crippen LogP contribution in [-0.4, -0.2) is 17.7 Å². The minimum atomic E-state index is -1.39. The maximum atomic E-state index is 11.2. The molecule has 0 fully saturated rings. The summed E-state index contributed by atoms with van der Waals surface area (Å²) in [6.45, 7) is 1.85. The summed E-state index contributed by atoms with van der Waals surface area (Å²) >= 11 is 0. The Bertz CT molecular complexity index is 395. The van der Waals surface area contributed by atoms with Gasteiger partial charge in [0.1, 0.15) is 0 Å². The van der Waals surface area contributed by atoms with Crippen LogP contribution in [0.5, 0.6) is 0 Å². The average Bonchev–Trinajstić information content (AvgIpc) is 2.28. The van der Waals surface area contributed by atoms with Gasteiger partial charge in [0.2, 0.25) is 0 Å². The van der Waals surface area contributed by atoms with E-state index in [0.29, 0.717) is 0 Å². The first-order chi connectivity index (χ1) is 7.20. The Hall–Kier alpha value is -1.86. The van der Waals surface area contributed by atoms with E-state index in [9.17, 15) is 9.90 Å². The Morgan fingerprint density at radius 3 is 2.87 bits per heavy atom. The molecule has 0 heterocycles. The summed E-state index contributed by atoms with van der Waals surface area (Å²) in [4.78, 5) is 11.2. The van der Waals surface area contributed by atoms with Gasteiger partial charge in [-0.3, -0.25) is 0 Å². The molecule has 0 unspecified atom stereocenters. The van der Waals surface area contributed by atoms with Crippen LogP contribution in [0.25, 0.3) is 0 Å². The van der Waals surface area contributed by atoms with Gasteiger partial charge in [-0.1, -0.05) is 18.2 Å². The molecule has 0 aliphatic carbocycles. The van der Waals surface area contributed by atoms with Crippen LogP contribution in [0.15, 0.2) is 24.3 Å². The molecular weight excluding hydrogens is 194 g/mol. The second kappa shape index (κ2) is 5.13. The number of carbonyl (C=O) groups is 1. The second-order valence-electron chi connectivity index (χ2n) is 2.85. The molecule has 0 radical (unpaired) electrons. The van der Waals surface area contributed by atoms with E-state index >= 15 is 0 Å². The third-order valence-electron chi connectivity index (χ3n) is 1.89. The van der Waals surface area contributed by atoms with Gasteiger partial charge in [0.05, 0.1) is 18.2 Å². The fraction of sp³-hybridized carbons (Fsp3) is 0.273. The molecule has 0 spiro atoms. The molecule has 1 rings (SSSR count). The van der Waals surface area contributed by atoms with Crippen molar-refractivity contribution in [2.24, 2.45) is 0 Å². The Labute approximate surface area is 87.7 Å². The Kier molecular flexibility index (Phi) is 3.83. The normalized spacial score (nSPS) is 11.5. The first-order valence-electron chi connectivity index (χ1n) is 4.54. The average molecular weight is 205 g/mol. The number of carbonyl (C=O) groups excluding carboxylic acids is 1. The minimum absolute atomic E-state index is 0.199. The Balaban J connectivity index is 2.96. The number of nitriles is 1. The summed E-state index contributed by atoms with van der Waals surface area (Å²) in [6, 6.07) is 8.29. The van der Waals surface area contributed by atoms with Gasteiger partial charge in [0, 0.05) is 5.56 Å². The molecule has 0 saturated carbocycles. The van der Waals surface area contributed by atoms with E-state index in [0.717, 1.165) is 0 Å². The fourth-order valence-electron chi connectivity index (χ4n) is 1.19. The monoisotopic (exact) mass is 205 g/mol. The molecule has 1 N–H and O–H groups in total. The van der Waals surface area contributed by atoms with Crippen LogP contribution >= 0.6 is 0 Å². The maximum absolute atomic E-state index is 11.2. The van der Waals surface area contributed by atoms with Crippen LogP contribution in [0.1, 0.15) is 24.2 Å². The molecule has 0 amide bonds. The molecule has 1 aromatic carbocycles. The summed E-state index contributed by atoms with van der Waals surface area (Å²) in [5, 5.41) is 18.4. The zero-order valence-corrected chi connectivity index (χ0v) is 8.30. The first-order valence-corrected chi connectivity index (χ1v) is 4.54. The lowest BCUT2D eigenvalue weighted by Gasteiger charge is -2.10. The largest absolute Gasteiger partial charge is 0.464 e. The molecule has 0 saturated heterocycles. The molecule has 0 bridgehead atoms. The molecule has 0 aliphatic heterocycles.